The highest BCUT2D eigenvalue weighted by molar-refractivity contribution is 9.10. The van der Waals surface area contributed by atoms with E-state index < -0.39 is 0 Å². The van der Waals surface area contributed by atoms with Crippen LogP contribution < -0.4 is 4.74 Å². The highest BCUT2D eigenvalue weighted by Gasteiger charge is 2.18. The van der Waals surface area contributed by atoms with Crippen molar-refractivity contribution in [3.8, 4) is 5.75 Å². The molecule has 1 aromatic heterocycles. The van der Waals surface area contributed by atoms with Crippen LogP contribution in [0.3, 0.4) is 0 Å². The second-order valence-corrected chi connectivity index (χ2v) is 3.80. The van der Waals surface area contributed by atoms with Gasteiger partial charge < -0.3 is 4.74 Å². The molecule has 2 rings (SSSR count). The van der Waals surface area contributed by atoms with Gasteiger partial charge in [-0.3, -0.25) is 0 Å². The van der Waals surface area contributed by atoms with Gasteiger partial charge in [-0.05, 0) is 47.3 Å². The Bertz CT molecular complexity index is 256. The molecule has 0 unspecified atom stereocenters. The minimum absolute atomic E-state index is 0.438. The van der Waals surface area contributed by atoms with Gasteiger partial charge in [0.05, 0.1) is 12.3 Å². The summed E-state index contributed by atoms with van der Waals surface area (Å²) in [6, 6.07) is 3.84. The molecule has 0 N–H and O–H groups in total. The summed E-state index contributed by atoms with van der Waals surface area (Å²) in [4.78, 5) is 4.08. The number of hydrogen-bond donors (Lipinski definition) is 0. The molecule has 78 valence electrons. The number of ether oxygens (including phenoxy) is 1. The Hall–Kier alpha value is -0.570. The van der Waals surface area contributed by atoms with E-state index >= 15 is 0 Å². The van der Waals surface area contributed by atoms with Crippen LogP contribution in [-0.2, 0) is 0 Å². The molecule has 0 bridgehead atoms. The van der Waals surface area contributed by atoms with Crippen LogP contribution in [0.1, 0.15) is 33.1 Å². The molecule has 0 aromatic carbocycles. The van der Waals surface area contributed by atoms with Crippen LogP contribution in [0.5, 0.6) is 5.75 Å². The van der Waals surface area contributed by atoms with Crippen molar-refractivity contribution in [2.24, 2.45) is 0 Å². The summed E-state index contributed by atoms with van der Waals surface area (Å²) in [5.74, 6) is 0.878. The largest absolute Gasteiger partial charge is 0.489 e. The summed E-state index contributed by atoms with van der Waals surface area (Å²) >= 11 is 3.28. The van der Waals surface area contributed by atoms with Crippen molar-refractivity contribution in [3.05, 3.63) is 22.9 Å². The van der Waals surface area contributed by atoms with Crippen LogP contribution in [-0.4, -0.2) is 11.1 Å². The van der Waals surface area contributed by atoms with Crippen LogP contribution in [0.2, 0.25) is 0 Å². The van der Waals surface area contributed by atoms with E-state index in [-0.39, 0.29) is 0 Å². The first kappa shape index (κ1) is 11.5. The van der Waals surface area contributed by atoms with Gasteiger partial charge in [-0.1, -0.05) is 13.8 Å². The molecule has 0 radical (unpaired) electrons. The van der Waals surface area contributed by atoms with E-state index in [1.165, 1.54) is 19.3 Å². The van der Waals surface area contributed by atoms with E-state index in [2.05, 4.69) is 20.9 Å². The minimum atomic E-state index is 0.438. The van der Waals surface area contributed by atoms with Crippen LogP contribution in [0, 0.1) is 0 Å². The molecule has 1 saturated carbocycles. The third-order valence-electron chi connectivity index (χ3n) is 2.06. The molecule has 0 aliphatic heterocycles. The lowest BCUT2D eigenvalue weighted by Crippen LogP contribution is -2.24. The Morgan fingerprint density at radius 2 is 2.07 bits per heavy atom. The lowest BCUT2D eigenvalue weighted by atomic mass is 9.96. The standard InChI is InChI=1S/C9H10BrNO.C2H6/c10-9-5-4-8(6-11-9)12-7-2-1-3-7;1-2/h4-7H,1-3H2;1-2H3. The normalized spacial score (nSPS) is 15.1. The maximum atomic E-state index is 5.62. The maximum absolute atomic E-state index is 5.62. The number of rotatable bonds is 2. The molecule has 1 aromatic rings. The van der Waals surface area contributed by atoms with Gasteiger partial charge in [0, 0.05) is 0 Å². The van der Waals surface area contributed by atoms with Crippen LogP contribution in [0.25, 0.3) is 0 Å². The second-order valence-electron chi connectivity index (χ2n) is 2.99. The fraction of sp³-hybridized carbons (Fsp3) is 0.545. The van der Waals surface area contributed by atoms with E-state index in [9.17, 15) is 0 Å². The van der Waals surface area contributed by atoms with Gasteiger partial charge in [0.2, 0.25) is 0 Å². The van der Waals surface area contributed by atoms with Crippen molar-refractivity contribution < 1.29 is 4.74 Å². The topological polar surface area (TPSA) is 22.1 Å². The SMILES string of the molecule is Brc1ccc(OC2CCC2)cn1.CC. The van der Waals surface area contributed by atoms with Crippen molar-refractivity contribution >= 4 is 15.9 Å². The zero-order chi connectivity index (χ0) is 10.4. The molecule has 1 fully saturated rings. The summed E-state index contributed by atoms with van der Waals surface area (Å²) in [5, 5.41) is 0. The molecular formula is C11H16BrNO. The average Bonchev–Trinajstić information content (AvgIpc) is 2.17. The smallest absolute Gasteiger partial charge is 0.138 e. The fourth-order valence-corrected chi connectivity index (χ4v) is 1.35. The first-order valence-electron chi connectivity index (χ1n) is 5.13. The molecule has 0 saturated heterocycles. The Morgan fingerprint density at radius 3 is 2.50 bits per heavy atom. The molecular weight excluding hydrogens is 242 g/mol. The van der Waals surface area contributed by atoms with Gasteiger partial charge in [0.1, 0.15) is 10.4 Å². The van der Waals surface area contributed by atoms with E-state index in [1.807, 2.05) is 26.0 Å². The Kier molecular flexibility index (Phi) is 4.94. The van der Waals surface area contributed by atoms with Crippen LogP contribution in [0.4, 0.5) is 0 Å². The molecule has 0 amide bonds. The molecule has 0 spiro atoms. The average molecular weight is 258 g/mol. The third-order valence-corrected chi connectivity index (χ3v) is 2.52. The monoisotopic (exact) mass is 257 g/mol. The third kappa shape index (κ3) is 3.29. The Balaban J connectivity index is 0.000000461. The molecule has 1 aliphatic rings. The van der Waals surface area contributed by atoms with E-state index in [0.717, 1.165) is 10.4 Å². The summed E-state index contributed by atoms with van der Waals surface area (Å²) < 4.78 is 6.47. The molecule has 3 heteroatoms. The van der Waals surface area contributed by atoms with Crippen molar-refractivity contribution in [2.45, 2.75) is 39.2 Å². The van der Waals surface area contributed by atoms with Crippen molar-refractivity contribution in [1.29, 1.82) is 0 Å². The minimum Gasteiger partial charge on any atom is -0.489 e. The summed E-state index contributed by atoms with van der Waals surface area (Å²) in [7, 11) is 0. The maximum Gasteiger partial charge on any atom is 0.138 e. The zero-order valence-electron chi connectivity index (χ0n) is 8.66. The number of halogens is 1. The zero-order valence-corrected chi connectivity index (χ0v) is 10.3. The fourth-order valence-electron chi connectivity index (χ4n) is 1.11. The summed E-state index contributed by atoms with van der Waals surface area (Å²) in [5.41, 5.74) is 0. The lowest BCUT2D eigenvalue weighted by Gasteiger charge is -2.26. The van der Waals surface area contributed by atoms with E-state index in [4.69, 9.17) is 4.74 Å². The van der Waals surface area contributed by atoms with Crippen LogP contribution in [0.15, 0.2) is 22.9 Å². The van der Waals surface area contributed by atoms with Gasteiger partial charge in [0.15, 0.2) is 0 Å². The van der Waals surface area contributed by atoms with Crippen LogP contribution >= 0.6 is 15.9 Å². The number of hydrogen-bond acceptors (Lipinski definition) is 2. The van der Waals surface area contributed by atoms with Crippen molar-refractivity contribution in [2.75, 3.05) is 0 Å². The molecule has 1 aliphatic carbocycles. The highest BCUT2D eigenvalue weighted by Crippen LogP contribution is 2.24. The van der Waals surface area contributed by atoms with Gasteiger partial charge in [-0.2, -0.15) is 0 Å². The number of aromatic nitrogens is 1. The first-order chi connectivity index (χ1) is 6.84. The molecule has 2 nitrogen and oxygen atoms in total. The molecule has 1 heterocycles. The van der Waals surface area contributed by atoms with Crippen molar-refractivity contribution in [1.82, 2.24) is 4.98 Å². The predicted molar refractivity (Wildman–Crippen MR) is 61.6 cm³/mol. The number of pyridine rings is 1. The Labute approximate surface area is 93.8 Å². The van der Waals surface area contributed by atoms with E-state index in [1.54, 1.807) is 6.20 Å². The first-order valence-corrected chi connectivity index (χ1v) is 5.92. The highest BCUT2D eigenvalue weighted by atomic mass is 79.9. The second kappa shape index (κ2) is 6.02. The number of nitrogens with zero attached hydrogens (tertiary/aromatic N) is 1. The quantitative estimate of drug-likeness (QED) is 0.752. The predicted octanol–water partition coefficient (Wildman–Crippen LogP) is 3.80. The Morgan fingerprint density at radius 1 is 1.36 bits per heavy atom. The van der Waals surface area contributed by atoms with Crippen molar-refractivity contribution in [3.63, 3.8) is 0 Å². The molecule has 0 atom stereocenters. The molecule has 14 heavy (non-hydrogen) atoms. The van der Waals surface area contributed by atoms with Gasteiger partial charge in [-0.25, -0.2) is 4.98 Å². The summed E-state index contributed by atoms with van der Waals surface area (Å²) in [6.07, 6.45) is 5.87. The lowest BCUT2D eigenvalue weighted by molar-refractivity contribution is 0.120. The summed E-state index contributed by atoms with van der Waals surface area (Å²) in [6.45, 7) is 4.00. The van der Waals surface area contributed by atoms with Gasteiger partial charge in [-0.15, -0.1) is 0 Å². The van der Waals surface area contributed by atoms with E-state index in [0.29, 0.717) is 6.10 Å². The van der Waals surface area contributed by atoms with Gasteiger partial charge >= 0.3 is 0 Å². The van der Waals surface area contributed by atoms with Gasteiger partial charge in [0.25, 0.3) is 0 Å².